The third-order valence-corrected chi connectivity index (χ3v) is 2.73. The minimum absolute atomic E-state index is 0. The summed E-state index contributed by atoms with van der Waals surface area (Å²) in [7, 11) is 0. The lowest BCUT2D eigenvalue weighted by atomic mass is 10.1. The van der Waals surface area contributed by atoms with Crippen molar-refractivity contribution < 1.29 is 0 Å². The molecule has 1 atom stereocenters. The molecule has 0 aromatic heterocycles. The zero-order chi connectivity index (χ0) is 9.14. The van der Waals surface area contributed by atoms with Crippen LogP contribution in [-0.4, -0.2) is 6.54 Å². The molecule has 0 aliphatic rings. The van der Waals surface area contributed by atoms with Crippen molar-refractivity contribution in [3.63, 3.8) is 0 Å². The van der Waals surface area contributed by atoms with E-state index in [0.29, 0.717) is 6.54 Å². The Labute approximate surface area is 93.2 Å². The Morgan fingerprint density at radius 3 is 2.54 bits per heavy atom. The van der Waals surface area contributed by atoms with Gasteiger partial charge in [-0.2, -0.15) is 0 Å². The van der Waals surface area contributed by atoms with Crippen LogP contribution in [0.4, 0.5) is 0 Å². The van der Waals surface area contributed by atoms with Crippen molar-refractivity contribution in [2.75, 3.05) is 6.54 Å². The second-order valence-corrected chi connectivity index (χ2v) is 3.71. The van der Waals surface area contributed by atoms with Gasteiger partial charge < -0.3 is 11.5 Å². The zero-order valence-electron chi connectivity index (χ0n) is 7.46. The van der Waals surface area contributed by atoms with Crippen molar-refractivity contribution in [3.8, 4) is 0 Å². The number of halogens is 2. The van der Waals surface area contributed by atoms with E-state index in [1.54, 1.807) is 0 Å². The van der Waals surface area contributed by atoms with Crippen molar-refractivity contribution >= 4 is 28.3 Å². The van der Waals surface area contributed by atoms with E-state index in [1.165, 1.54) is 5.56 Å². The number of aryl methyl sites for hydroxylation is 1. The van der Waals surface area contributed by atoms with E-state index in [1.807, 2.05) is 25.1 Å². The van der Waals surface area contributed by atoms with Crippen molar-refractivity contribution in [1.29, 1.82) is 0 Å². The van der Waals surface area contributed by atoms with E-state index in [4.69, 9.17) is 11.5 Å². The maximum absolute atomic E-state index is 5.77. The van der Waals surface area contributed by atoms with Crippen LogP contribution >= 0.6 is 28.3 Å². The predicted molar refractivity (Wildman–Crippen MR) is 62.1 cm³/mol. The minimum atomic E-state index is -0.0538. The van der Waals surface area contributed by atoms with Crippen LogP contribution in [0.5, 0.6) is 0 Å². The van der Waals surface area contributed by atoms with E-state index in [0.717, 1.165) is 10.0 Å². The van der Waals surface area contributed by atoms with Crippen LogP contribution in [0.2, 0.25) is 0 Å². The lowest BCUT2D eigenvalue weighted by molar-refractivity contribution is 0.736. The minimum Gasteiger partial charge on any atom is -0.329 e. The molecule has 0 fully saturated rings. The monoisotopic (exact) mass is 264 g/mol. The highest BCUT2D eigenvalue weighted by Crippen LogP contribution is 2.20. The summed E-state index contributed by atoms with van der Waals surface area (Å²) < 4.78 is 1.09. The molecule has 0 radical (unpaired) electrons. The van der Waals surface area contributed by atoms with E-state index < -0.39 is 0 Å². The standard InChI is InChI=1S/C9H13BrN2.ClH/c1-6-2-3-7(4-8(6)10)9(12)5-11;/h2-4,9H,5,11-12H2,1H3;1H/t9-;/m1./s1. The molecule has 0 aliphatic carbocycles. The first-order valence-electron chi connectivity index (χ1n) is 3.87. The lowest BCUT2D eigenvalue weighted by Gasteiger charge is -2.09. The highest BCUT2D eigenvalue weighted by Gasteiger charge is 2.04. The highest BCUT2D eigenvalue weighted by atomic mass is 79.9. The molecule has 0 saturated heterocycles. The fraction of sp³-hybridized carbons (Fsp3) is 0.333. The quantitative estimate of drug-likeness (QED) is 0.861. The molecule has 1 rings (SSSR count). The van der Waals surface area contributed by atoms with Gasteiger partial charge in [-0.25, -0.2) is 0 Å². The van der Waals surface area contributed by atoms with Crippen molar-refractivity contribution in [1.82, 2.24) is 0 Å². The van der Waals surface area contributed by atoms with Crippen LogP contribution in [-0.2, 0) is 0 Å². The number of rotatable bonds is 2. The molecule has 2 nitrogen and oxygen atoms in total. The Morgan fingerprint density at radius 1 is 1.46 bits per heavy atom. The molecule has 13 heavy (non-hydrogen) atoms. The zero-order valence-corrected chi connectivity index (χ0v) is 9.86. The van der Waals surface area contributed by atoms with Crippen molar-refractivity contribution in [2.45, 2.75) is 13.0 Å². The summed E-state index contributed by atoms with van der Waals surface area (Å²) in [5, 5.41) is 0. The lowest BCUT2D eigenvalue weighted by Crippen LogP contribution is -2.20. The average molecular weight is 266 g/mol. The Balaban J connectivity index is 0.00000144. The maximum atomic E-state index is 5.77. The van der Waals surface area contributed by atoms with Crippen LogP contribution in [0.25, 0.3) is 0 Å². The maximum Gasteiger partial charge on any atom is 0.0419 e. The number of hydrogen-bond donors (Lipinski definition) is 2. The summed E-state index contributed by atoms with van der Waals surface area (Å²) in [6, 6.07) is 6.02. The highest BCUT2D eigenvalue weighted by molar-refractivity contribution is 9.10. The van der Waals surface area contributed by atoms with Gasteiger partial charge in [0, 0.05) is 17.1 Å². The first kappa shape index (κ1) is 12.9. The summed E-state index contributed by atoms with van der Waals surface area (Å²) in [5.41, 5.74) is 13.5. The van der Waals surface area contributed by atoms with Gasteiger partial charge in [-0.15, -0.1) is 12.4 Å². The summed E-state index contributed by atoms with van der Waals surface area (Å²) in [6.07, 6.45) is 0. The molecule has 74 valence electrons. The molecule has 1 aromatic carbocycles. The Morgan fingerprint density at radius 2 is 2.08 bits per heavy atom. The van der Waals surface area contributed by atoms with Crippen LogP contribution in [0, 0.1) is 6.92 Å². The third kappa shape index (κ3) is 3.27. The largest absolute Gasteiger partial charge is 0.329 e. The molecule has 0 bridgehead atoms. The molecule has 4 heteroatoms. The first-order valence-corrected chi connectivity index (χ1v) is 4.66. The van der Waals surface area contributed by atoms with Gasteiger partial charge in [-0.05, 0) is 24.1 Å². The van der Waals surface area contributed by atoms with E-state index in [-0.39, 0.29) is 18.4 Å². The van der Waals surface area contributed by atoms with Crippen LogP contribution < -0.4 is 11.5 Å². The molecule has 0 heterocycles. The summed E-state index contributed by atoms with van der Waals surface area (Å²) in [6.45, 7) is 2.53. The summed E-state index contributed by atoms with van der Waals surface area (Å²) in [4.78, 5) is 0. The van der Waals surface area contributed by atoms with E-state index >= 15 is 0 Å². The molecule has 0 unspecified atom stereocenters. The molecular formula is C9H14BrClN2. The fourth-order valence-electron chi connectivity index (χ4n) is 0.976. The molecule has 1 aromatic rings. The Bertz CT molecular complexity index is 278. The molecule has 0 amide bonds. The second-order valence-electron chi connectivity index (χ2n) is 2.85. The topological polar surface area (TPSA) is 52.0 Å². The SMILES string of the molecule is Cc1ccc([C@H](N)CN)cc1Br.Cl. The van der Waals surface area contributed by atoms with Gasteiger partial charge in [0.2, 0.25) is 0 Å². The van der Waals surface area contributed by atoms with Crippen LogP contribution in [0.1, 0.15) is 17.2 Å². The van der Waals surface area contributed by atoms with Crippen molar-refractivity contribution in [2.24, 2.45) is 11.5 Å². The molecule has 0 aliphatic heterocycles. The summed E-state index contributed by atoms with van der Waals surface area (Å²) >= 11 is 3.45. The number of benzene rings is 1. The van der Waals surface area contributed by atoms with Gasteiger partial charge in [0.05, 0.1) is 0 Å². The fourth-order valence-corrected chi connectivity index (χ4v) is 1.37. The van der Waals surface area contributed by atoms with E-state index in [2.05, 4.69) is 15.9 Å². The van der Waals surface area contributed by atoms with Crippen molar-refractivity contribution in [3.05, 3.63) is 33.8 Å². The van der Waals surface area contributed by atoms with Gasteiger partial charge in [0.25, 0.3) is 0 Å². The third-order valence-electron chi connectivity index (χ3n) is 1.88. The number of hydrogen-bond acceptors (Lipinski definition) is 2. The smallest absolute Gasteiger partial charge is 0.0419 e. The number of nitrogens with two attached hydrogens (primary N) is 2. The normalized spacial score (nSPS) is 12.0. The van der Waals surface area contributed by atoms with Gasteiger partial charge in [0.1, 0.15) is 0 Å². The van der Waals surface area contributed by atoms with Gasteiger partial charge >= 0.3 is 0 Å². The molecule has 0 spiro atoms. The Kier molecular flexibility index (Phi) is 5.56. The van der Waals surface area contributed by atoms with Crippen LogP contribution in [0.15, 0.2) is 22.7 Å². The predicted octanol–water partition coefficient (Wildman–Crippen LogP) is 2.14. The average Bonchev–Trinajstić information content (AvgIpc) is 2.08. The van der Waals surface area contributed by atoms with Gasteiger partial charge in [-0.1, -0.05) is 28.1 Å². The van der Waals surface area contributed by atoms with Crippen LogP contribution in [0.3, 0.4) is 0 Å². The molecular weight excluding hydrogens is 251 g/mol. The van der Waals surface area contributed by atoms with E-state index in [9.17, 15) is 0 Å². The molecule has 4 N–H and O–H groups in total. The second kappa shape index (κ2) is 5.60. The molecule has 0 saturated carbocycles. The first-order chi connectivity index (χ1) is 5.65. The van der Waals surface area contributed by atoms with Gasteiger partial charge in [-0.3, -0.25) is 0 Å². The van der Waals surface area contributed by atoms with Gasteiger partial charge in [0.15, 0.2) is 0 Å². The Hall–Kier alpha value is -0.0900. The summed E-state index contributed by atoms with van der Waals surface area (Å²) in [5.74, 6) is 0.